The minimum absolute atomic E-state index is 0.210. The summed E-state index contributed by atoms with van der Waals surface area (Å²) in [5.74, 6) is 2.98. The largest absolute Gasteiger partial charge is 0.497 e. The fourth-order valence-electron chi connectivity index (χ4n) is 2.58. The monoisotopic (exact) mass is 243 g/mol. The highest BCUT2D eigenvalue weighted by Gasteiger charge is 2.24. The number of nitrogens with one attached hydrogen (secondary N) is 1. The molecule has 2 heterocycles. The molecule has 1 N–H and O–H groups in total. The van der Waals surface area contributed by atoms with Gasteiger partial charge in [0.05, 0.1) is 13.2 Å². The summed E-state index contributed by atoms with van der Waals surface area (Å²) in [5.41, 5.74) is 2.48. The minimum atomic E-state index is 0.210. The predicted octanol–water partition coefficient (Wildman–Crippen LogP) is 2.83. The number of rotatable bonds is 2. The molecule has 3 nitrogen and oxygen atoms in total. The number of hydrogen-bond acceptors (Lipinski definition) is 3. The maximum Gasteiger partial charge on any atom is 0.119 e. The van der Waals surface area contributed by atoms with Gasteiger partial charge in [-0.25, -0.2) is 0 Å². The van der Waals surface area contributed by atoms with Gasteiger partial charge in [-0.1, -0.05) is 12.1 Å². The molecule has 1 aliphatic rings. The molecule has 3 heteroatoms. The first-order valence-electron chi connectivity index (χ1n) is 6.24. The van der Waals surface area contributed by atoms with Crippen LogP contribution in [0.4, 0.5) is 0 Å². The molecule has 0 fully saturated rings. The van der Waals surface area contributed by atoms with Crippen LogP contribution in [0, 0.1) is 6.92 Å². The Balaban J connectivity index is 2.02. The third-order valence-electron chi connectivity index (χ3n) is 3.40. The topological polar surface area (TPSA) is 34.4 Å². The fourth-order valence-corrected chi connectivity index (χ4v) is 2.58. The number of aryl methyl sites for hydroxylation is 1. The van der Waals surface area contributed by atoms with Crippen LogP contribution < -0.4 is 10.1 Å². The van der Waals surface area contributed by atoms with Crippen molar-refractivity contribution < 1.29 is 9.15 Å². The molecule has 1 aromatic carbocycles. The summed E-state index contributed by atoms with van der Waals surface area (Å²) < 4.78 is 11.0. The highest BCUT2D eigenvalue weighted by Crippen LogP contribution is 2.32. The second-order valence-corrected chi connectivity index (χ2v) is 4.65. The molecule has 1 aliphatic heterocycles. The Bertz CT molecular complexity index is 559. The van der Waals surface area contributed by atoms with Crippen LogP contribution in [0.2, 0.25) is 0 Å². The van der Waals surface area contributed by atoms with E-state index < -0.39 is 0 Å². The molecule has 1 atom stereocenters. The van der Waals surface area contributed by atoms with Gasteiger partial charge in [-0.15, -0.1) is 0 Å². The zero-order chi connectivity index (χ0) is 12.5. The third-order valence-corrected chi connectivity index (χ3v) is 3.40. The number of benzene rings is 1. The van der Waals surface area contributed by atoms with Crippen LogP contribution in [0.3, 0.4) is 0 Å². The summed E-state index contributed by atoms with van der Waals surface area (Å²) in [6.45, 7) is 2.95. The molecule has 1 unspecified atom stereocenters. The maximum absolute atomic E-state index is 5.74. The van der Waals surface area contributed by atoms with Crippen molar-refractivity contribution in [1.82, 2.24) is 5.32 Å². The van der Waals surface area contributed by atoms with Crippen LogP contribution in [-0.2, 0) is 6.42 Å². The summed E-state index contributed by atoms with van der Waals surface area (Å²) >= 11 is 0. The lowest BCUT2D eigenvalue weighted by Gasteiger charge is -2.23. The van der Waals surface area contributed by atoms with Crippen LogP contribution in [0.1, 0.15) is 28.7 Å². The molecule has 2 aromatic rings. The molecular weight excluding hydrogens is 226 g/mol. The molecule has 0 bridgehead atoms. The Kier molecular flexibility index (Phi) is 2.84. The molecule has 1 aromatic heterocycles. The molecule has 3 rings (SSSR count). The van der Waals surface area contributed by atoms with Crippen molar-refractivity contribution in [2.24, 2.45) is 0 Å². The van der Waals surface area contributed by atoms with Gasteiger partial charge in [-0.3, -0.25) is 0 Å². The quantitative estimate of drug-likeness (QED) is 0.880. The molecule has 0 radical (unpaired) electrons. The number of ether oxygens (including phenoxy) is 1. The molecular formula is C15H17NO2. The van der Waals surface area contributed by atoms with Crippen LogP contribution in [-0.4, -0.2) is 13.7 Å². The summed E-state index contributed by atoms with van der Waals surface area (Å²) in [4.78, 5) is 0. The van der Waals surface area contributed by atoms with Gasteiger partial charge in [0.1, 0.15) is 17.3 Å². The molecule has 0 saturated carbocycles. The Labute approximate surface area is 107 Å². The molecule has 0 saturated heterocycles. The van der Waals surface area contributed by atoms with Gasteiger partial charge in [-0.05, 0) is 30.7 Å². The highest BCUT2D eigenvalue weighted by atomic mass is 16.5. The molecule has 0 amide bonds. The average molecular weight is 243 g/mol. The number of fused-ring (bicyclic) bond motifs is 1. The Hall–Kier alpha value is -1.74. The van der Waals surface area contributed by atoms with Crippen molar-refractivity contribution in [3.8, 4) is 5.75 Å². The molecule has 0 aliphatic carbocycles. The lowest BCUT2D eigenvalue weighted by molar-refractivity contribution is 0.412. The van der Waals surface area contributed by atoms with E-state index in [9.17, 15) is 0 Å². The van der Waals surface area contributed by atoms with Crippen molar-refractivity contribution in [2.45, 2.75) is 19.4 Å². The van der Waals surface area contributed by atoms with Gasteiger partial charge in [-0.2, -0.15) is 0 Å². The lowest BCUT2D eigenvalue weighted by atomic mass is 9.95. The van der Waals surface area contributed by atoms with E-state index >= 15 is 0 Å². The number of furan rings is 1. The van der Waals surface area contributed by atoms with Crippen molar-refractivity contribution >= 4 is 0 Å². The smallest absolute Gasteiger partial charge is 0.119 e. The summed E-state index contributed by atoms with van der Waals surface area (Å²) in [6.07, 6.45) is 0.962. The van der Waals surface area contributed by atoms with Crippen LogP contribution >= 0.6 is 0 Å². The standard InChI is InChI=1S/C15H17NO2/c1-10-8-13-14(18-10)6-7-16-15(13)11-4-3-5-12(9-11)17-2/h3-5,8-9,15-16H,6-7H2,1-2H3. The second kappa shape index (κ2) is 4.50. The van der Waals surface area contributed by atoms with E-state index in [0.717, 1.165) is 30.2 Å². The number of hydrogen-bond donors (Lipinski definition) is 1. The first kappa shape index (κ1) is 11.4. The zero-order valence-corrected chi connectivity index (χ0v) is 10.7. The molecule has 94 valence electrons. The normalized spacial score (nSPS) is 18.4. The maximum atomic E-state index is 5.74. The zero-order valence-electron chi connectivity index (χ0n) is 10.7. The average Bonchev–Trinajstić information content (AvgIpc) is 2.78. The van der Waals surface area contributed by atoms with Crippen LogP contribution in [0.15, 0.2) is 34.7 Å². The van der Waals surface area contributed by atoms with Gasteiger partial charge < -0.3 is 14.5 Å². The fraction of sp³-hybridized carbons (Fsp3) is 0.333. The van der Waals surface area contributed by atoms with Crippen LogP contribution in [0.25, 0.3) is 0 Å². The first-order valence-corrected chi connectivity index (χ1v) is 6.24. The van der Waals surface area contributed by atoms with Gasteiger partial charge in [0, 0.05) is 18.5 Å². The Morgan fingerprint density at radius 1 is 1.33 bits per heavy atom. The predicted molar refractivity (Wildman–Crippen MR) is 70.0 cm³/mol. The van der Waals surface area contributed by atoms with E-state index in [0.29, 0.717) is 0 Å². The van der Waals surface area contributed by atoms with E-state index in [2.05, 4.69) is 23.5 Å². The van der Waals surface area contributed by atoms with Crippen molar-refractivity contribution in [3.63, 3.8) is 0 Å². The third kappa shape index (κ3) is 1.91. The van der Waals surface area contributed by atoms with E-state index in [1.165, 1.54) is 11.1 Å². The first-order chi connectivity index (χ1) is 8.78. The van der Waals surface area contributed by atoms with Crippen molar-refractivity contribution in [2.75, 3.05) is 13.7 Å². The van der Waals surface area contributed by atoms with Crippen molar-refractivity contribution in [1.29, 1.82) is 0 Å². The molecule has 18 heavy (non-hydrogen) atoms. The van der Waals surface area contributed by atoms with E-state index in [4.69, 9.17) is 9.15 Å². The summed E-state index contributed by atoms with van der Waals surface area (Å²) in [6, 6.07) is 10.5. The second-order valence-electron chi connectivity index (χ2n) is 4.65. The van der Waals surface area contributed by atoms with Gasteiger partial charge in [0.15, 0.2) is 0 Å². The Morgan fingerprint density at radius 2 is 2.22 bits per heavy atom. The Morgan fingerprint density at radius 3 is 3.06 bits per heavy atom. The van der Waals surface area contributed by atoms with E-state index in [1.807, 2.05) is 19.1 Å². The summed E-state index contributed by atoms with van der Waals surface area (Å²) in [7, 11) is 1.70. The highest BCUT2D eigenvalue weighted by molar-refractivity contribution is 5.39. The van der Waals surface area contributed by atoms with E-state index in [1.54, 1.807) is 7.11 Å². The van der Waals surface area contributed by atoms with Gasteiger partial charge in [0.2, 0.25) is 0 Å². The molecule has 0 spiro atoms. The number of methoxy groups -OCH3 is 1. The van der Waals surface area contributed by atoms with Gasteiger partial charge >= 0.3 is 0 Å². The SMILES string of the molecule is COc1cccc(C2NCCc3oc(C)cc32)c1. The van der Waals surface area contributed by atoms with Crippen molar-refractivity contribution in [3.05, 3.63) is 53.0 Å². The lowest BCUT2D eigenvalue weighted by Crippen LogP contribution is -2.29. The van der Waals surface area contributed by atoms with Gasteiger partial charge in [0.25, 0.3) is 0 Å². The van der Waals surface area contributed by atoms with E-state index in [-0.39, 0.29) is 6.04 Å². The minimum Gasteiger partial charge on any atom is -0.497 e. The van der Waals surface area contributed by atoms with Crippen LogP contribution in [0.5, 0.6) is 5.75 Å². The summed E-state index contributed by atoms with van der Waals surface area (Å²) in [5, 5.41) is 3.54.